The number of alkyl halides is 1. The summed E-state index contributed by atoms with van der Waals surface area (Å²) in [5, 5.41) is 0. The second kappa shape index (κ2) is 3.92. The summed E-state index contributed by atoms with van der Waals surface area (Å²) in [7, 11) is 5.33. The number of halogens is 1. The first-order chi connectivity index (χ1) is 7.74. The van der Waals surface area contributed by atoms with Crippen molar-refractivity contribution in [2.45, 2.75) is 6.54 Å². The number of fused-ring (bicyclic) bond motifs is 3. The Bertz CT molecular complexity index is 711. The molecule has 0 fully saturated rings. The van der Waals surface area contributed by atoms with Crippen LogP contribution in [-0.4, -0.2) is 10.4 Å². The van der Waals surface area contributed by atoms with Crippen LogP contribution in [0.5, 0.6) is 0 Å². The van der Waals surface area contributed by atoms with Gasteiger partial charge in [-0.3, -0.25) is 9.59 Å². The molecule has 0 saturated carbocycles. The molecule has 0 radical (unpaired) electrons. The zero-order valence-corrected chi connectivity index (χ0v) is 11.7. The van der Waals surface area contributed by atoms with E-state index in [0.717, 1.165) is 9.40 Å². The lowest BCUT2D eigenvalue weighted by Crippen LogP contribution is -2.07. The Morgan fingerprint density at radius 2 is 1.44 bits per heavy atom. The van der Waals surface area contributed by atoms with Crippen molar-refractivity contribution in [1.29, 1.82) is 0 Å². The summed E-state index contributed by atoms with van der Waals surface area (Å²) in [6, 6.07) is 0. The third-order valence-electron chi connectivity index (χ3n) is 2.27. The standard InChI is InChI=1S/C8H4ClNO2S4/c9-1-2-10-3-5(13-15-7(3)11)6-4(10)8(12)16-14-6/h1-2H2. The predicted molar refractivity (Wildman–Crippen MR) is 74.2 cm³/mol. The maximum atomic E-state index is 11.7. The second-order valence-electron chi connectivity index (χ2n) is 3.10. The van der Waals surface area contributed by atoms with Gasteiger partial charge in [0.25, 0.3) is 9.48 Å². The molecule has 0 spiro atoms. The van der Waals surface area contributed by atoms with E-state index in [0.29, 0.717) is 23.5 Å². The molecule has 0 aromatic carbocycles. The van der Waals surface area contributed by atoms with E-state index in [9.17, 15) is 9.59 Å². The van der Waals surface area contributed by atoms with E-state index >= 15 is 0 Å². The molecule has 0 N–H and O–H groups in total. The maximum Gasteiger partial charge on any atom is 0.267 e. The molecule has 0 atom stereocenters. The maximum absolute atomic E-state index is 11.7. The van der Waals surface area contributed by atoms with E-state index in [1.54, 1.807) is 4.57 Å². The fraction of sp³-hybridized carbons (Fsp3) is 0.250. The molecule has 16 heavy (non-hydrogen) atoms. The van der Waals surface area contributed by atoms with Crippen LogP contribution in [0, 0.1) is 0 Å². The summed E-state index contributed by atoms with van der Waals surface area (Å²) in [5.41, 5.74) is 1.31. The van der Waals surface area contributed by atoms with Gasteiger partial charge in [-0.1, -0.05) is 20.7 Å². The molecule has 0 saturated heterocycles. The minimum atomic E-state index is 0.0258. The molecular formula is C8H4ClNO2S4. The van der Waals surface area contributed by atoms with Gasteiger partial charge in [-0.2, -0.15) is 0 Å². The van der Waals surface area contributed by atoms with Gasteiger partial charge in [-0.25, -0.2) is 0 Å². The molecule has 0 aliphatic rings. The summed E-state index contributed by atoms with van der Waals surface area (Å²) >= 11 is 5.72. The van der Waals surface area contributed by atoms with E-state index < -0.39 is 0 Å². The quantitative estimate of drug-likeness (QED) is 0.539. The first-order valence-electron chi connectivity index (χ1n) is 4.34. The average Bonchev–Trinajstić information content (AvgIpc) is 2.87. The van der Waals surface area contributed by atoms with Crippen molar-refractivity contribution >= 4 is 73.4 Å². The zero-order valence-electron chi connectivity index (χ0n) is 7.69. The average molecular weight is 310 g/mol. The normalized spacial score (nSPS) is 11.8. The highest BCUT2D eigenvalue weighted by atomic mass is 35.5. The van der Waals surface area contributed by atoms with Crippen molar-refractivity contribution in [2.24, 2.45) is 0 Å². The monoisotopic (exact) mass is 309 g/mol. The zero-order chi connectivity index (χ0) is 11.3. The van der Waals surface area contributed by atoms with E-state index in [4.69, 9.17) is 11.6 Å². The van der Waals surface area contributed by atoms with Crippen molar-refractivity contribution < 1.29 is 0 Å². The third-order valence-corrected chi connectivity index (χ3v) is 6.96. The number of rotatable bonds is 2. The molecule has 0 unspecified atom stereocenters. The number of hydrogen-bond donors (Lipinski definition) is 0. The van der Waals surface area contributed by atoms with Gasteiger partial charge >= 0.3 is 0 Å². The van der Waals surface area contributed by atoms with Crippen LogP contribution in [0.1, 0.15) is 0 Å². The Labute approximate surface area is 109 Å². The molecule has 3 heterocycles. The van der Waals surface area contributed by atoms with E-state index in [1.807, 2.05) is 0 Å². The Hall–Kier alpha value is -0.210. The molecule has 0 aliphatic carbocycles. The smallest absolute Gasteiger partial charge is 0.267 e. The molecule has 84 valence electrons. The lowest BCUT2D eigenvalue weighted by molar-refractivity contribution is 0.832. The van der Waals surface area contributed by atoms with Crippen LogP contribution in [0.4, 0.5) is 0 Å². The lowest BCUT2D eigenvalue weighted by Gasteiger charge is -1.98. The van der Waals surface area contributed by atoms with Gasteiger partial charge in [0.05, 0.1) is 9.40 Å². The van der Waals surface area contributed by atoms with Gasteiger partial charge in [-0.15, -0.1) is 11.6 Å². The first-order valence-corrected chi connectivity index (χ1v) is 9.17. The van der Waals surface area contributed by atoms with Gasteiger partial charge in [0.2, 0.25) is 0 Å². The highest BCUT2D eigenvalue weighted by Gasteiger charge is 2.19. The van der Waals surface area contributed by atoms with Gasteiger partial charge in [0.1, 0.15) is 11.0 Å². The molecule has 0 aliphatic heterocycles. The lowest BCUT2D eigenvalue weighted by atomic mass is 10.5. The second-order valence-corrected chi connectivity index (χ2v) is 7.71. The van der Waals surface area contributed by atoms with Crippen LogP contribution in [-0.2, 0) is 6.54 Å². The van der Waals surface area contributed by atoms with Crippen LogP contribution < -0.4 is 9.48 Å². The van der Waals surface area contributed by atoms with Crippen molar-refractivity contribution in [1.82, 2.24) is 4.57 Å². The van der Waals surface area contributed by atoms with Gasteiger partial charge < -0.3 is 4.57 Å². The summed E-state index contributed by atoms with van der Waals surface area (Å²) < 4.78 is 3.72. The Kier molecular flexibility index (Phi) is 2.67. The highest BCUT2D eigenvalue weighted by molar-refractivity contribution is 7.75. The van der Waals surface area contributed by atoms with Crippen molar-refractivity contribution in [3.8, 4) is 0 Å². The van der Waals surface area contributed by atoms with Crippen LogP contribution in [0.3, 0.4) is 0 Å². The van der Waals surface area contributed by atoms with E-state index in [2.05, 4.69) is 0 Å². The summed E-state index contributed by atoms with van der Waals surface area (Å²) in [6.07, 6.45) is 0. The molecule has 0 amide bonds. The Morgan fingerprint density at radius 1 is 0.938 bits per heavy atom. The number of hydrogen-bond acceptors (Lipinski definition) is 6. The minimum Gasteiger partial charge on any atom is -0.330 e. The highest BCUT2D eigenvalue weighted by Crippen LogP contribution is 2.35. The topological polar surface area (TPSA) is 39.1 Å². The fourth-order valence-electron chi connectivity index (χ4n) is 1.68. The van der Waals surface area contributed by atoms with Crippen LogP contribution in [0.15, 0.2) is 9.59 Å². The van der Waals surface area contributed by atoms with E-state index in [1.165, 1.54) is 41.4 Å². The SMILES string of the molecule is O=c1ssc2c3ssc(=O)c3n(CCCl)c12. The Morgan fingerprint density at radius 3 is 1.88 bits per heavy atom. The number of nitrogens with zero attached hydrogens (tertiary/aromatic N) is 1. The fourth-order valence-corrected chi connectivity index (χ4v) is 6.75. The van der Waals surface area contributed by atoms with Crippen molar-refractivity contribution in [3.63, 3.8) is 0 Å². The predicted octanol–water partition coefficient (Wildman–Crippen LogP) is 3.00. The Balaban J connectivity index is 2.61. The summed E-state index contributed by atoms with van der Waals surface area (Å²) in [4.78, 5) is 23.4. The molecule has 3 aromatic heterocycles. The molecule has 3 aromatic rings. The number of aryl methyl sites for hydroxylation is 1. The summed E-state index contributed by atoms with van der Waals surface area (Å²) in [6.45, 7) is 0.513. The number of aromatic nitrogens is 1. The van der Waals surface area contributed by atoms with Crippen molar-refractivity contribution in [2.75, 3.05) is 5.88 Å². The van der Waals surface area contributed by atoms with Gasteiger partial charge in [-0.05, 0) is 20.7 Å². The van der Waals surface area contributed by atoms with Gasteiger partial charge in [0.15, 0.2) is 0 Å². The largest absolute Gasteiger partial charge is 0.330 e. The molecule has 3 rings (SSSR count). The van der Waals surface area contributed by atoms with E-state index in [-0.39, 0.29) is 9.48 Å². The van der Waals surface area contributed by atoms with Gasteiger partial charge in [0, 0.05) is 12.4 Å². The van der Waals surface area contributed by atoms with Crippen molar-refractivity contribution in [3.05, 3.63) is 19.1 Å². The molecular weight excluding hydrogens is 306 g/mol. The first kappa shape index (κ1) is 10.9. The van der Waals surface area contributed by atoms with Crippen LogP contribution in [0.25, 0.3) is 20.4 Å². The third kappa shape index (κ3) is 1.36. The molecule has 0 bridgehead atoms. The molecule has 8 heteroatoms. The van der Waals surface area contributed by atoms with Crippen LogP contribution >= 0.6 is 53.0 Å². The molecule has 3 nitrogen and oxygen atoms in total. The van der Waals surface area contributed by atoms with Crippen LogP contribution in [0.2, 0.25) is 0 Å². The minimum absolute atomic E-state index is 0.0258. The summed E-state index contributed by atoms with van der Waals surface area (Å²) in [5.74, 6) is 0.402.